The number of fused-ring (bicyclic) bond motifs is 1. The minimum absolute atomic E-state index is 0.460. The van der Waals surface area contributed by atoms with E-state index in [0.717, 1.165) is 16.7 Å². The van der Waals surface area contributed by atoms with Crippen LogP contribution < -0.4 is 0 Å². The number of hydrogen-bond acceptors (Lipinski definition) is 2. The lowest BCUT2D eigenvalue weighted by molar-refractivity contribution is 0.817. The van der Waals surface area contributed by atoms with Crippen LogP contribution in [0.15, 0.2) is 24.4 Å². The Morgan fingerprint density at radius 1 is 1.19 bits per heavy atom. The van der Waals surface area contributed by atoms with Crippen molar-refractivity contribution in [2.45, 2.75) is 40.5 Å². The Labute approximate surface area is 97.7 Å². The number of aromatic nitrogens is 2. The molecule has 0 atom stereocenters. The first kappa shape index (κ1) is 12.6. The van der Waals surface area contributed by atoms with Gasteiger partial charge in [0.05, 0.1) is 0 Å². The van der Waals surface area contributed by atoms with Gasteiger partial charge in [0, 0.05) is 17.3 Å². The summed E-state index contributed by atoms with van der Waals surface area (Å²) >= 11 is 0. The molecule has 86 valence electrons. The first-order valence-electron chi connectivity index (χ1n) is 5.91. The van der Waals surface area contributed by atoms with Gasteiger partial charge in [0.2, 0.25) is 0 Å². The monoisotopic (exact) mass is 216 g/mol. The quantitative estimate of drug-likeness (QED) is 0.717. The van der Waals surface area contributed by atoms with Crippen LogP contribution >= 0.6 is 0 Å². The maximum Gasteiger partial charge on any atom is 0.159 e. The molecule has 0 amide bonds. The molecule has 16 heavy (non-hydrogen) atoms. The first-order valence-corrected chi connectivity index (χ1v) is 5.91. The highest BCUT2D eigenvalue weighted by molar-refractivity contribution is 5.75. The second-order valence-corrected chi connectivity index (χ2v) is 3.90. The molecule has 0 spiro atoms. The number of aryl methyl sites for hydroxylation is 1. The van der Waals surface area contributed by atoms with Crippen LogP contribution in [0.4, 0.5) is 0 Å². The van der Waals surface area contributed by atoms with Gasteiger partial charge < -0.3 is 0 Å². The van der Waals surface area contributed by atoms with Crippen LogP contribution in [-0.2, 0) is 0 Å². The molecule has 0 saturated heterocycles. The molecule has 2 rings (SSSR count). The topological polar surface area (TPSA) is 25.8 Å². The second kappa shape index (κ2) is 5.59. The SMILES string of the molecule is CC.Cc1cc2cccnc2nc1C(C)C. The number of hydrogen-bond donors (Lipinski definition) is 0. The maximum atomic E-state index is 4.56. The van der Waals surface area contributed by atoms with E-state index in [2.05, 4.69) is 36.8 Å². The van der Waals surface area contributed by atoms with E-state index in [1.165, 1.54) is 5.56 Å². The summed E-state index contributed by atoms with van der Waals surface area (Å²) in [5.74, 6) is 0.460. The Morgan fingerprint density at radius 3 is 2.50 bits per heavy atom. The van der Waals surface area contributed by atoms with E-state index in [-0.39, 0.29) is 0 Å². The third kappa shape index (κ3) is 2.57. The summed E-state index contributed by atoms with van der Waals surface area (Å²) in [6, 6.07) is 6.15. The summed E-state index contributed by atoms with van der Waals surface area (Å²) in [5.41, 5.74) is 3.25. The van der Waals surface area contributed by atoms with Crippen molar-refractivity contribution < 1.29 is 0 Å². The molecule has 0 unspecified atom stereocenters. The number of rotatable bonds is 1. The van der Waals surface area contributed by atoms with Crippen LogP contribution in [0.3, 0.4) is 0 Å². The Kier molecular flexibility index (Phi) is 4.41. The maximum absolute atomic E-state index is 4.56. The number of nitrogens with zero attached hydrogens (tertiary/aromatic N) is 2. The summed E-state index contributed by atoms with van der Waals surface area (Å²) in [6.45, 7) is 10.4. The molecule has 0 aliphatic heterocycles. The van der Waals surface area contributed by atoms with Crippen molar-refractivity contribution in [2.75, 3.05) is 0 Å². The molecule has 2 heteroatoms. The van der Waals surface area contributed by atoms with Gasteiger partial charge in [-0.25, -0.2) is 9.97 Å². The predicted molar refractivity (Wildman–Crippen MR) is 69.7 cm³/mol. The standard InChI is InChI=1S/C12H14N2.C2H6/c1-8(2)11-9(3)7-10-5-4-6-13-12(10)14-11;1-2/h4-8H,1-3H3;1-2H3. The molecule has 2 nitrogen and oxygen atoms in total. The molecule has 2 aromatic rings. The molecule has 2 aromatic heterocycles. The largest absolute Gasteiger partial charge is 0.237 e. The number of pyridine rings is 2. The van der Waals surface area contributed by atoms with Crippen molar-refractivity contribution in [3.63, 3.8) is 0 Å². The Bertz CT molecular complexity index is 461. The fourth-order valence-corrected chi connectivity index (χ4v) is 1.71. The third-order valence-corrected chi connectivity index (χ3v) is 2.37. The predicted octanol–water partition coefficient (Wildman–Crippen LogP) is 4.09. The van der Waals surface area contributed by atoms with Gasteiger partial charge in [0.1, 0.15) is 0 Å². The van der Waals surface area contributed by atoms with E-state index < -0.39 is 0 Å². The summed E-state index contributed by atoms with van der Waals surface area (Å²) in [7, 11) is 0. The van der Waals surface area contributed by atoms with E-state index in [4.69, 9.17) is 0 Å². The van der Waals surface area contributed by atoms with Crippen LogP contribution in [0.1, 0.15) is 44.9 Å². The normalized spacial score (nSPS) is 10.1. The molecule has 0 radical (unpaired) electrons. The lowest BCUT2D eigenvalue weighted by Gasteiger charge is -2.09. The summed E-state index contributed by atoms with van der Waals surface area (Å²) in [4.78, 5) is 8.82. The molecule has 0 N–H and O–H groups in total. The van der Waals surface area contributed by atoms with E-state index >= 15 is 0 Å². The summed E-state index contributed by atoms with van der Waals surface area (Å²) < 4.78 is 0. The van der Waals surface area contributed by atoms with Gasteiger partial charge >= 0.3 is 0 Å². The molecule has 0 aromatic carbocycles. The molecule has 0 saturated carbocycles. The average Bonchev–Trinajstić information content (AvgIpc) is 2.30. The van der Waals surface area contributed by atoms with Crippen molar-refractivity contribution in [2.24, 2.45) is 0 Å². The summed E-state index contributed by atoms with van der Waals surface area (Å²) in [5, 5.41) is 1.12. The van der Waals surface area contributed by atoms with Gasteiger partial charge in [-0.05, 0) is 36.6 Å². The lowest BCUT2D eigenvalue weighted by Crippen LogP contribution is -1.97. The van der Waals surface area contributed by atoms with E-state index in [9.17, 15) is 0 Å². The minimum atomic E-state index is 0.460. The highest BCUT2D eigenvalue weighted by Crippen LogP contribution is 2.20. The summed E-state index contributed by atoms with van der Waals surface area (Å²) in [6.07, 6.45) is 1.79. The molecular weight excluding hydrogens is 196 g/mol. The zero-order chi connectivity index (χ0) is 12.1. The minimum Gasteiger partial charge on any atom is -0.237 e. The van der Waals surface area contributed by atoms with Crippen LogP contribution in [0.2, 0.25) is 0 Å². The zero-order valence-corrected chi connectivity index (χ0v) is 10.8. The lowest BCUT2D eigenvalue weighted by atomic mass is 10.0. The smallest absolute Gasteiger partial charge is 0.159 e. The van der Waals surface area contributed by atoms with Crippen molar-refractivity contribution in [1.29, 1.82) is 0 Å². The van der Waals surface area contributed by atoms with E-state index in [1.807, 2.05) is 26.0 Å². The third-order valence-electron chi connectivity index (χ3n) is 2.37. The van der Waals surface area contributed by atoms with Crippen LogP contribution in [0.25, 0.3) is 11.0 Å². The fourth-order valence-electron chi connectivity index (χ4n) is 1.71. The van der Waals surface area contributed by atoms with Gasteiger partial charge in [0.15, 0.2) is 5.65 Å². The zero-order valence-electron chi connectivity index (χ0n) is 10.8. The van der Waals surface area contributed by atoms with E-state index in [0.29, 0.717) is 5.92 Å². The van der Waals surface area contributed by atoms with Crippen LogP contribution in [0, 0.1) is 6.92 Å². The average molecular weight is 216 g/mol. The molecule has 0 aliphatic rings. The molecule has 2 heterocycles. The highest BCUT2D eigenvalue weighted by atomic mass is 14.8. The Hall–Kier alpha value is -1.44. The van der Waals surface area contributed by atoms with Crippen molar-refractivity contribution in [1.82, 2.24) is 9.97 Å². The Morgan fingerprint density at radius 2 is 1.88 bits per heavy atom. The van der Waals surface area contributed by atoms with Crippen LogP contribution in [0.5, 0.6) is 0 Å². The molecule has 0 bridgehead atoms. The van der Waals surface area contributed by atoms with Gasteiger partial charge in [0.25, 0.3) is 0 Å². The van der Waals surface area contributed by atoms with E-state index in [1.54, 1.807) is 6.20 Å². The highest BCUT2D eigenvalue weighted by Gasteiger charge is 2.06. The molecule has 0 fully saturated rings. The first-order chi connectivity index (χ1) is 7.68. The van der Waals surface area contributed by atoms with Gasteiger partial charge in [-0.3, -0.25) is 0 Å². The van der Waals surface area contributed by atoms with Crippen molar-refractivity contribution >= 4 is 11.0 Å². The Balaban J connectivity index is 0.000000606. The van der Waals surface area contributed by atoms with Gasteiger partial charge in [-0.1, -0.05) is 27.7 Å². The van der Waals surface area contributed by atoms with Crippen LogP contribution in [-0.4, -0.2) is 9.97 Å². The molecule has 0 aliphatic carbocycles. The molecular formula is C14H20N2. The second-order valence-electron chi connectivity index (χ2n) is 3.90. The van der Waals surface area contributed by atoms with Gasteiger partial charge in [-0.15, -0.1) is 0 Å². The van der Waals surface area contributed by atoms with Gasteiger partial charge in [-0.2, -0.15) is 0 Å². The fraction of sp³-hybridized carbons (Fsp3) is 0.429. The van der Waals surface area contributed by atoms with Crippen molar-refractivity contribution in [3.05, 3.63) is 35.7 Å². The van der Waals surface area contributed by atoms with Crippen molar-refractivity contribution in [3.8, 4) is 0 Å².